The molecule has 0 saturated carbocycles. The van der Waals surface area contributed by atoms with Crippen molar-refractivity contribution in [2.45, 2.75) is 6.42 Å². The van der Waals surface area contributed by atoms with Crippen LogP contribution in [0.3, 0.4) is 0 Å². The van der Waals surface area contributed by atoms with Crippen molar-refractivity contribution in [1.29, 1.82) is 0 Å². The SMILES string of the molecule is COc1cc2c(Nc3ccc(Cl)cc3F)ccnc2cc1OCCc1ccncc1. The number of hydrogen-bond acceptors (Lipinski definition) is 5. The van der Waals surface area contributed by atoms with Gasteiger partial charge in [0.1, 0.15) is 5.82 Å². The predicted molar refractivity (Wildman–Crippen MR) is 116 cm³/mol. The first-order valence-corrected chi connectivity index (χ1v) is 9.72. The number of methoxy groups -OCH3 is 1. The summed E-state index contributed by atoms with van der Waals surface area (Å²) in [5.74, 6) is 0.738. The Labute approximate surface area is 178 Å². The van der Waals surface area contributed by atoms with Crippen LogP contribution in [-0.4, -0.2) is 23.7 Å². The van der Waals surface area contributed by atoms with Gasteiger partial charge in [-0.2, -0.15) is 0 Å². The quantitative estimate of drug-likeness (QED) is 0.407. The Morgan fingerprint density at radius 2 is 1.80 bits per heavy atom. The number of anilines is 2. The third kappa shape index (κ3) is 4.44. The number of fused-ring (bicyclic) bond motifs is 1. The molecule has 5 nitrogen and oxygen atoms in total. The maximum absolute atomic E-state index is 14.2. The summed E-state index contributed by atoms with van der Waals surface area (Å²) in [7, 11) is 1.58. The molecule has 2 aromatic heterocycles. The number of rotatable bonds is 7. The highest BCUT2D eigenvalue weighted by Gasteiger charge is 2.12. The van der Waals surface area contributed by atoms with Gasteiger partial charge in [-0.1, -0.05) is 11.6 Å². The van der Waals surface area contributed by atoms with Gasteiger partial charge in [-0.3, -0.25) is 9.97 Å². The molecule has 0 bridgehead atoms. The van der Waals surface area contributed by atoms with Gasteiger partial charge in [0.05, 0.1) is 24.9 Å². The van der Waals surface area contributed by atoms with Gasteiger partial charge in [-0.15, -0.1) is 0 Å². The molecule has 0 radical (unpaired) electrons. The van der Waals surface area contributed by atoms with E-state index in [1.54, 1.807) is 43.9 Å². The maximum atomic E-state index is 14.2. The molecular formula is C23H19ClFN3O2. The third-order valence-corrected chi connectivity index (χ3v) is 4.86. The molecule has 4 aromatic rings. The second-order valence-corrected chi connectivity index (χ2v) is 7.02. The molecule has 4 rings (SSSR count). The summed E-state index contributed by atoms with van der Waals surface area (Å²) in [5, 5.41) is 4.23. The molecule has 2 aromatic carbocycles. The molecule has 30 heavy (non-hydrogen) atoms. The summed E-state index contributed by atoms with van der Waals surface area (Å²) in [4.78, 5) is 8.44. The van der Waals surface area contributed by atoms with E-state index in [1.165, 1.54) is 6.07 Å². The highest BCUT2D eigenvalue weighted by molar-refractivity contribution is 6.30. The smallest absolute Gasteiger partial charge is 0.163 e. The van der Waals surface area contributed by atoms with Crippen molar-refractivity contribution in [2.75, 3.05) is 19.0 Å². The van der Waals surface area contributed by atoms with E-state index in [1.807, 2.05) is 24.3 Å². The molecule has 0 aliphatic heterocycles. The maximum Gasteiger partial charge on any atom is 0.163 e. The van der Waals surface area contributed by atoms with Crippen LogP contribution < -0.4 is 14.8 Å². The van der Waals surface area contributed by atoms with Crippen LogP contribution in [0.25, 0.3) is 10.9 Å². The van der Waals surface area contributed by atoms with Crippen molar-refractivity contribution in [2.24, 2.45) is 0 Å². The van der Waals surface area contributed by atoms with Crippen LogP contribution in [-0.2, 0) is 6.42 Å². The molecule has 0 aliphatic carbocycles. The van der Waals surface area contributed by atoms with Crippen LogP contribution in [0.15, 0.2) is 67.1 Å². The lowest BCUT2D eigenvalue weighted by molar-refractivity contribution is 0.298. The van der Waals surface area contributed by atoms with Crippen molar-refractivity contribution in [3.63, 3.8) is 0 Å². The topological polar surface area (TPSA) is 56.3 Å². The average Bonchev–Trinajstić information content (AvgIpc) is 2.76. The van der Waals surface area contributed by atoms with Gasteiger partial charge in [0, 0.05) is 47.2 Å². The molecule has 152 valence electrons. The van der Waals surface area contributed by atoms with Gasteiger partial charge in [0.15, 0.2) is 11.5 Å². The minimum atomic E-state index is -0.435. The Morgan fingerprint density at radius 3 is 2.57 bits per heavy atom. The normalized spacial score (nSPS) is 10.8. The Bertz CT molecular complexity index is 1170. The summed E-state index contributed by atoms with van der Waals surface area (Å²) in [6.45, 7) is 0.486. The zero-order valence-corrected chi connectivity index (χ0v) is 17.0. The fourth-order valence-corrected chi connectivity index (χ4v) is 3.26. The number of benzene rings is 2. The molecule has 2 heterocycles. The summed E-state index contributed by atoms with van der Waals surface area (Å²) in [5.41, 5.74) is 2.86. The average molecular weight is 424 g/mol. The Hall–Kier alpha value is -3.38. The number of halogens is 2. The van der Waals surface area contributed by atoms with Gasteiger partial charge in [-0.05, 0) is 48.0 Å². The first kappa shape index (κ1) is 19.9. The van der Waals surface area contributed by atoms with E-state index in [-0.39, 0.29) is 0 Å². The van der Waals surface area contributed by atoms with Gasteiger partial charge in [-0.25, -0.2) is 4.39 Å². The molecule has 0 aliphatic rings. The van der Waals surface area contributed by atoms with Crippen LogP contribution in [0.5, 0.6) is 11.5 Å². The second-order valence-electron chi connectivity index (χ2n) is 6.58. The summed E-state index contributed by atoms with van der Waals surface area (Å²) >= 11 is 5.84. The molecule has 0 amide bonds. The van der Waals surface area contributed by atoms with E-state index >= 15 is 0 Å². The van der Waals surface area contributed by atoms with Crippen LogP contribution >= 0.6 is 11.6 Å². The molecular weight excluding hydrogens is 405 g/mol. The predicted octanol–water partition coefficient (Wildman–Crippen LogP) is 5.80. The molecule has 7 heteroatoms. The molecule has 0 saturated heterocycles. The largest absolute Gasteiger partial charge is 0.493 e. The van der Waals surface area contributed by atoms with Crippen molar-refractivity contribution in [1.82, 2.24) is 9.97 Å². The second kappa shape index (κ2) is 8.97. The van der Waals surface area contributed by atoms with Gasteiger partial charge in [0.25, 0.3) is 0 Å². The first-order chi connectivity index (χ1) is 14.6. The lowest BCUT2D eigenvalue weighted by Gasteiger charge is -2.15. The number of ether oxygens (including phenoxy) is 2. The van der Waals surface area contributed by atoms with Gasteiger partial charge in [0.2, 0.25) is 0 Å². The van der Waals surface area contributed by atoms with Gasteiger partial charge >= 0.3 is 0 Å². The van der Waals surface area contributed by atoms with Crippen molar-refractivity contribution in [3.8, 4) is 11.5 Å². The third-order valence-electron chi connectivity index (χ3n) is 4.63. The summed E-state index contributed by atoms with van der Waals surface area (Å²) in [6, 6.07) is 13.8. The zero-order chi connectivity index (χ0) is 20.9. The fraction of sp³-hybridized carbons (Fsp3) is 0.130. The van der Waals surface area contributed by atoms with Crippen LogP contribution in [0, 0.1) is 5.82 Å². The standard InChI is InChI=1S/C23H19ClFN3O2/c1-29-22-13-17-19(28-20-3-2-16(24)12-18(20)25)6-10-27-21(17)14-23(22)30-11-7-15-4-8-26-9-5-15/h2-6,8-10,12-14H,7,11H2,1H3,(H,27,28). The first-order valence-electron chi connectivity index (χ1n) is 9.34. The Morgan fingerprint density at radius 1 is 0.967 bits per heavy atom. The molecule has 0 fully saturated rings. The monoisotopic (exact) mass is 423 g/mol. The minimum absolute atomic E-state index is 0.323. The highest BCUT2D eigenvalue weighted by atomic mass is 35.5. The number of nitrogens with zero attached hydrogens (tertiary/aromatic N) is 2. The van der Waals surface area contributed by atoms with E-state index in [9.17, 15) is 4.39 Å². The molecule has 0 atom stereocenters. The van der Waals surface area contributed by atoms with Crippen LogP contribution in [0.2, 0.25) is 5.02 Å². The summed E-state index contributed by atoms with van der Waals surface area (Å²) in [6.07, 6.45) is 5.92. The number of hydrogen-bond donors (Lipinski definition) is 1. The van der Waals surface area contributed by atoms with E-state index < -0.39 is 5.82 Å². The molecule has 0 spiro atoms. The van der Waals surface area contributed by atoms with E-state index in [2.05, 4.69) is 15.3 Å². The number of aromatic nitrogens is 2. The van der Waals surface area contributed by atoms with E-state index in [0.717, 1.165) is 17.4 Å². The molecule has 1 N–H and O–H groups in total. The Kier molecular flexibility index (Phi) is 5.95. The summed E-state index contributed by atoms with van der Waals surface area (Å²) < 4.78 is 25.7. The highest BCUT2D eigenvalue weighted by Crippen LogP contribution is 2.36. The van der Waals surface area contributed by atoms with Crippen LogP contribution in [0.4, 0.5) is 15.8 Å². The Balaban J connectivity index is 1.60. The minimum Gasteiger partial charge on any atom is -0.493 e. The fourth-order valence-electron chi connectivity index (χ4n) is 3.10. The van der Waals surface area contributed by atoms with Crippen molar-refractivity contribution >= 4 is 33.9 Å². The van der Waals surface area contributed by atoms with Crippen molar-refractivity contribution in [3.05, 3.63) is 83.5 Å². The van der Waals surface area contributed by atoms with Crippen molar-refractivity contribution < 1.29 is 13.9 Å². The number of nitrogens with one attached hydrogen (secondary N) is 1. The van der Waals surface area contributed by atoms with E-state index in [4.69, 9.17) is 21.1 Å². The zero-order valence-electron chi connectivity index (χ0n) is 16.2. The lowest BCUT2D eigenvalue weighted by atomic mass is 10.1. The number of pyridine rings is 2. The van der Waals surface area contributed by atoms with Gasteiger partial charge < -0.3 is 14.8 Å². The van der Waals surface area contributed by atoms with Crippen LogP contribution in [0.1, 0.15) is 5.56 Å². The lowest BCUT2D eigenvalue weighted by Crippen LogP contribution is -2.03. The van der Waals surface area contributed by atoms with E-state index in [0.29, 0.717) is 40.0 Å². The molecule has 0 unspecified atom stereocenters.